The van der Waals surface area contributed by atoms with Crippen molar-refractivity contribution < 1.29 is 23.8 Å². The molecule has 2 aromatic rings. The summed E-state index contributed by atoms with van der Waals surface area (Å²) in [6.45, 7) is 5.32. The normalized spacial score (nSPS) is 28.7. The summed E-state index contributed by atoms with van der Waals surface area (Å²) in [5.74, 6) is 2.59. The minimum absolute atomic E-state index is 0.0371. The van der Waals surface area contributed by atoms with Crippen LogP contribution in [0.1, 0.15) is 81.0 Å². The average molecular weight is 489 g/mol. The van der Waals surface area contributed by atoms with E-state index in [-0.39, 0.29) is 23.5 Å². The van der Waals surface area contributed by atoms with Gasteiger partial charge in [-0.3, -0.25) is 9.59 Å². The molecule has 0 amide bonds. The topological polar surface area (TPSA) is 61.8 Å². The molecular weight excluding hydrogens is 452 g/mol. The van der Waals surface area contributed by atoms with Crippen molar-refractivity contribution >= 4 is 24.1 Å². The van der Waals surface area contributed by atoms with E-state index in [4.69, 9.17) is 14.2 Å². The Kier molecular flexibility index (Phi) is 6.67. The van der Waals surface area contributed by atoms with Crippen LogP contribution < -0.4 is 9.47 Å². The fourth-order valence-electron chi connectivity index (χ4n) is 7.27. The summed E-state index contributed by atoms with van der Waals surface area (Å²) in [5, 5.41) is 0. The van der Waals surface area contributed by atoms with E-state index in [1.807, 2.05) is 36.4 Å². The molecule has 0 heterocycles. The minimum atomic E-state index is -0.310. The summed E-state index contributed by atoms with van der Waals surface area (Å²) in [6, 6.07) is 12.2. The van der Waals surface area contributed by atoms with Crippen molar-refractivity contribution in [3.05, 3.63) is 58.7 Å². The van der Waals surface area contributed by atoms with E-state index in [9.17, 15) is 9.59 Å². The van der Waals surface area contributed by atoms with Crippen LogP contribution in [0.2, 0.25) is 0 Å². The fraction of sp³-hybridized carbons (Fsp3) is 0.484. The van der Waals surface area contributed by atoms with Crippen LogP contribution in [0.4, 0.5) is 0 Å². The van der Waals surface area contributed by atoms with Crippen molar-refractivity contribution in [3.63, 3.8) is 0 Å². The molecule has 0 aromatic heterocycles. The van der Waals surface area contributed by atoms with Crippen LogP contribution in [0.15, 0.2) is 36.4 Å². The van der Waals surface area contributed by atoms with Gasteiger partial charge in [-0.25, -0.2) is 0 Å². The Morgan fingerprint density at radius 2 is 1.83 bits per heavy atom. The van der Waals surface area contributed by atoms with Crippen molar-refractivity contribution in [2.45, 2.75) is 71.3 Å². The van der Waals surface area contributed by atoms with Gasteiger partial charge in [0.25, 0.3) is 0 Å². The summed E-state index contributed by atoms with van der Waals surface area (Å²) >= 11 is 0. The van der Waals surface area contributed by atoms with Crippen LogP contribution in [0.25, 0.3) is 12.2 Å². The van der Waals surface area contributed by atoms with Crippen LogP contribution in [0.3, 0.4) is 0 Å². The third-order valence-corrected chi connectivity index (χ3v) is 8.88. The van der Waals surface area contributed by atoms with Gasteiger partial charge in [-0.2, -0.15) is 0 Å². The van der Waals surface area contributed by atoms with Crippen LogP contribution in [-0.2, 0) is 20.7 Å². The third-order valence-electron chi connectivity index (χ3n) is 8.88. The number of fused-ring (bicyclic) bond motifs is 5. The van der Waals surface area contributed by atoms with Crippen LogP contribution in [0.5, 0.6) is 11.5 Å². The van der Waals surface area contributed by atoms with Crippen molar-refractivity contribution in [1.29, 1.82) is 0 Å². The minimum Gasteiger partial charge on any atom is -0.497 e. The third kappa shape index (κ3) is 4.56. The first kappa shape index (κ1) is 24.6. The van der Waals surface area contributed by atoms with Gasteiger partial charge in [-0.05, 0) is 97.2 Å². The molecule has 0 saturated heterocycles. The molecule has 2 aromatic carbocycles. The maximum absolute atomic E-state index is 11.9. The smallest absolute Gasteiger partial charge is 0.308 e. The van der Waals surface area contributed by atoms with Crippen molar-refractivity contribution in [2.75, 3.05) is 7.11 Å². The molecule has 5 nitrogen and oxygen atoms in total. The zero-order valence-corrected chi connectivity index (χ0v) is 21.7. The second-order valence-corrected chi connectivity index (χ2v) is 10.9. The molecule has 0 spiro atoms. The number of rotatable bonds is 5. The Balaban J connectivity index is 1.47. The van der Waals surface area contributed by atoms with E-state index in [1.165, 1.54) is 25.0 Å². The number of hydrogen-bond acceptors (Lipinski definition) is 5. The van der Waals surface area contributed by atoms with Crippen molar-refractivity contribution in [3.8, 4) is 11.5 Å². The van der Waals surface area contributed by atoms with Crippen LogP contribution >= 0.6 is 0 Å². The van der Waals surface area contributed by atoms with E-state index in [0.29, 0.717) is 23.5 Å². The van der Waals surface area contributed by atoms with Gasteiger partial charge in [-0.15, -0.1) is 0 Å². The number of methoxy groups -OCH3 is 1. The first-order chi connectivity index (χ1) is 17.3. The Labute approximate surface area is 213 Å². The molecule has 0 unspecified atom stereocenters. The molecular formula is C31H36O5. The molecule has 2 fully saturated rings. The Morgan fingerprint density at radius 1 is 1.00 bits per heavy atom. The lowest BCUT2D eigenvalue weighted by Crippen LogP contribution is -2.45. The predicted octanol–water partition coefficient (Wildman–Crippen LogP) is 6.58. The molecule has 0 bridgehead atoms. The van der Waals surface area contributed by atoms with Gasteiger partial charge in [0.15, 0.2) is 0 Å². The molecule has 0 radical (unpaired) electrons. The molecule has 5 rings (SSSR count). The summed E-state index contributed by atoms with van der Waals surface area (Å²) in [7, 11) is 1.66. The Bertz CT molecular complexity index is 1200. The number of benzene rings is 2. The number of esters is 2. The Hall–Kier alpha value is -3.08. The summed E-state index contributed by atoms with van der Waals surface area (Å²) in [5.41, 5.74) is 4.70. The number of ether oxygens (including phenoxy) is 3. The first-order valence-corrected chi connectivity index (χ1v) is 13.1. The van der Waals surface area contributed by atoms with E-state index < -0.39 is 0 Å². The zero-order chi connectivity index (χ0) is 25.4. The monoisotopic (exact) mass is 488 g/mol. The van der Waals surface area contributed by atoms with E-state index in [0.717, 1.165) is 55.4 Å². The highest BCUT2D eigenvalue weighted by Crippen LogP contribution is 2.61. The lowest BCUT2D eigenvalue weighted by Gasteiger charge is -2.50. The van der Waals surface area contributed by atoms with E-state index in [2.05, 4.69) is 19.1 Å². The van der Waals surface area contributed by atoms with Crippen molar-refractivity contribution in [2.24, 2.45) is 17.3 Å². The maximum Gasteiger partial charge on any atom is 0.308 e. The van der Waals surface area contributed by atoms with Crippen LogP contribution in [0, 0.1) is 17.3 Å². The van der Waals surface area contributed by atoms with Gasteiger partial charge >= 0.3 is 11.9 Å². The first-order valence-electron chi connectivity index (χ1n) is 13.1. The van der Waals surface area contributed by atoms with Gasteiger partial charge < -0.3 is 14.2 Å². The predicted molar refractivity (Wildman–Crippen MR) is 140 cm³/mol. The molecule has 2 saturated carbocycles. The van der Waals surface area contributed by atoms with Crippen LogP contribution in [-0.4, -0.2) is 25.2 Å². The second-order valence-electron chi connectivity index (χ2n) is 10.9. The fourth-order valence-corrected chi connectivity index (χ4v) is 7.27. The molecule has 5 atom stereocenters. The highest BCUT2D eigenvalue weighted by molar-refractivity contribution is 5.77. The van der Waals surface area contributed by atoms with Gasteiger partial charge in [0.05, 0.1) is 7.11 Å². The summed E-state index contributed by atoms with van der Waals surface area (Å²) in [4.78, 5) is 23.6. The van der Waals surface area contributed by atoms with E-state index >= 15 is 0 Å². The molecule has 36 heavy (non-hydrogen) atoms. The molecule has 5 heteroatoms. The summed E-state index contributed by atoms with van der Waals surface area (Å²) in [6.07, 6.45) is 10.5. The molecule has 3 aliphatic rings. The van der Waals surface area contributed by atoms with Gasteiger partial charge in [0, 0.05) is 24.8 Å². The highest BCUT2D eigenvalue weighted by Gasteiger charge is 2.56. The Morgan fingerprint density at radius 3 is 2.58 bits per heavy atom. The van der Waals surface area contributed by atoms with Gasteiger partial charge in [0.1, 0.15) is 17.6 Å². The maximum atomic E-state index is 11.9. The van der Waals surface area contributed by atoms with E-state index in [1.54, 1.807) is 7.11 Å². The molecule has 3 aliphatic carbocycles. The lowest BCUT2D eigenvalue weighted by atomic mass is 9.55. The lowest BCUT2D eigenvalue weighted by molar-refractivity contribution is -0.154. The van der Waals surface area contributed by atoms with Crippen molar-refractivity contribution in [1.82, 2.24) is 0 Å². The standard InChI is InChI=1S/C31H36O5/c1-19(32)35-29-18-22-10-11-26-25(14-15-31(3)28(26)12-13-30(31)36-20(2)33)27(22)17-23(29)9-8-21-6-5-7-24(16-21)34-4/h5-9,16-18,25-26,28,30H,10-15H2,1-4H3/b9-8-/t25-,26+,28-,30-,31-/m0/s1. The zero-order valence-electron chi connectivity index (χ0n) is 21.7. The number of aryl methyl sites for hydroxylation is 1. The number of hydrogen-bond donors (Lipinski definition) is 0. The van der Waals surface area contributed by atoms with Gasteiger partial charge in [0.2, 0.25) is 0 Å². The number of carbonyl (C=O) groups excluding carboxylic acids is 2. The summed E-state index contributed by atoms with van der Waals surface area (Å²) < 4.78 is 16.8. The van der Waals surface area contributed by atoms with Gasteiger partial charge in [-0.1, -0.05) is 31.2 Å². The largest absolute Gasteiger partial charge is 0.497 e. The number of carbonyl (C=O) groups is 2. The highest BCUT2D eigenvalue weighted by atomic mass is 16.5. The quantitative estimate of drug-likeness (QED) is 0.270. The molecule has 0 aliphatic heterocycles. The second kappa shape index (κ2) is 9.76. The molecule has 0 N–H and O–H groups in total. The molecule has 190 valence electrons. The average Bonchev–Trinajstić information content (AvgIpc) is 3.17. The SMILES string of the molecule is COc1cccc(/C=C\c2cc3c(cc2OC(C)=O)CC[C@@H]2[C@@H]3CC[C@]3(C)[C@@H](OC(C)=O)CC[C@@H]23)c1.